The number of benzene rings is 1. The van der Waals surface area contributed by atoms with Crippen LogP contribution >= 0.6 is 27.7 Å². The van der Waals surface area contributed by atoms with Crippen LogP contribution in [0.15, 0.2) is 27.7 Å². The van der Waals surface area contributed by atoms with Crippen molar-refractivity contribution in [1.82, 2.24) is 5.32 Å². The molecule has 0 aliphatic carbocycles. The number of hydrogen-bond acceptors (Lipinski definition) is 3. The quantitative estimate of drug-likeness (QED) is 0.865. The van der Waals surface area contributed by atoms with E-state index in [1.54, 1.807) is 6.07 Å². The number of amidine groups is 1. The van der Waals surface area contributed by atoms with Gasteiger partial charge in [-0.3, -0.25) is 9.79 Å². The summed E-state index contributed by atoms with van der Waals surface area (Å²) in [6, 6.07) is 4.42. The third-order valence-corrected chi connectivity index (χ3v) is 3.55. The lowest BCUT2D eigenvalue weighted by molar-refractivity contribution is 0.0973. The van der Waals surface area contributed by atoms with Crippen LogP contribution in [0.2, 0.25) is 0 Å². The number of carbonyl (C=O) groups is 1. The van der Waals surface area contributed by atoms with Gasteiger partial charge in [0, 0.05) is 10.2 Å². The average Bonchev–Trinajstić information content (AvgIpc) is 2.70. The molecule has 84 valence electrons. The second-order valence-corrected chi connectivity index (χ2v) is 5.02. The highest BCUT2D eigenvalue weighted by Gasteiger charge is 2.18. The minimum atomic E-state index is -0.546. The van der Waals surface area contributed by atoms with Crippen LogP contribution in [0, 0.1) is 5.82 Å². The lowest BCUT2D eigenvalue weighted by atomic mass is 10.2. The molecule has 0 spiro atoms. The van der Waals surface area contributed by atoms with Gasteiger partial charge in [-0.15, -0.1) is 0 Å². The third-order valence-electron chi connectivity index (χ3n) is 2.00. The van der Waals surface area contributed by atoms with Crippen molar-refractivity contribution in [2.75, 3.05) is 12.3 Å². The summed E-state index contributed by atoms with van der Waals surface area (Å²) in [6.07, 6.45) is 0. The summed E-state index contributed by atoms with van der Waals surface area (Å²) in [6.45, 7) is 0.693. The highest BCUT2D eigenvalue weighted by atomic mass is 79.9. The number of nitrogens with one attached hydrogen (secondary N) is 1. The van der Waals surface area contributed by atoms with Gasteiger partial charge < -0.3 is 5.32 Å². The van der Waals surface area contributed by atoms with E-state index in [9.17, 15) is 9.18 Å². The van der Waals surface area contributed by atoms with Gasteiger partial charge in [-0.25, -0.2) is 4.39 Å². The maximum Gasteiger partial charge on any atom is 0.261 e. The molecule has 0 bridgehead atoms. The molecule has 16 heavy (non-hydrogen) atoms. The topological polar surface area (TPSA) is 41.5 Å². The molecule has 1 aromatic carbocycles. The van der Waals surface area contributed by atoms with Gasteiger partial charge in [0.1, 0.15) is 5.82 Å². The molecule has 1 amide bonds. The number of halogens is 2. The highest BCUT2D eigenvalue weighted by molar-refractivity contribution is 9.10. The Kier molecular flexibility index (Phi) is 3.60. The molecule has 1 aliphatic heterocycles. The van der Waals surface area contributed by atoms with Gasteiger partial charge in [0.2, 0.25) is 0 Å². The highest BCUT2D eigenvalue weighted by Crippen LogP contribution is 2.20. The Labute approximate surface area is 105 Å². The third kappa shape index (κ3) is 2.44. The van der Waals surface area contributed by atoms with Gasteiger partial charge in [0.15, 0.2) is 5.17 Å². The summed E-state index contributed by atoms with van der Waals surface area (Å²) in [5.41, 5.74) is 0.0118. The predicted octanol–water partition coefficient (Wildman–Crippen LogP) is 2.42. The van der Waals surface area contributed by atoms with Crippen LogP contribution in [0.4, 0.5) is 4.39 Å². The van der Waals surface area contributed by atoms with Crippen LogP contribution in [0.1, 0.15) is 10.4 Å². The van der Waals surface area contributed by atoms with Gasteiger partial charge in [0.05, 0.1) is 12.1 Å². The molecule has 0 atom stereocenters. The largest absolute Gasteiger partial charge is 0.301 e. The summed E-state index contributed by atoms with van der Waals surface area (Å²) in [5.74, 6) is -0.165. The lowest BCUT2D eigenvalue weighted by Crippen LogP contribution is -2.28. The summed E-state index contributed by atoms with van der Waals surface area (Å²) < 4.78 is 13.9. The van der Waals surface area contributed by atoms with E-state index in [1.165, 1.54) is 23.9 Å². The minimum absolute atomic E-state index is 0.0118. The summed E-state index contributed by atoms with van der Waals surface area (Å²) in [7, 11) is 0. The summed E-state index contributed by atoms with van der Waals surface area (Å²) >= 11 is 4.61. The Hall–Kier alpha value is -0.880. The van der Waals surface area contributed by atoms with Crippen LogP contribution in [-0.4, -0.2) is 23.4 Å². The number of thioether (sulfide) groups is 1. The first-order valence-electron chi connectivity index (χ1n) is 4.61. The van der Waals surface area contributed by atoms with Crippen molar-refractivity contribution in [1.29, 1.82) is 0 Å². The van der Waals surface area contributed by atoms with Gasteiger partial charge in [-0.1, -0.05) is 17.8 Å². The van der Waals surface area contributed by atoms with E-state index >= 15 is 0 Å². The van der Waals surface area contributed by atoms with Crippen molar-refractivity contribution in [3.8, 4) is 0 Å². The van der Waals surface area contributed by atoms with Crippen molar-refractivity contribution in [2.24, 2.45) is 4.99 Å². The number of nitrogens with zero attached hydrogens (tertiary/aromatic N) is 1. The smallest absolute Gasteiger partial charge is 0.261 e. The number of aliphatic imine (C=N–C) groups is 1. The molecule has 6 heteroatoms. The molecule has 0 aromatic heterocycles. The molecule has 1 aromatic rings. The molecule has 3 nitrogen and oxygen atoms in total. The fourth-order valence-electron chi connectivity index (χ4n) is 1.29. The van der Waals surface area contributed by atoms with Crippen molar-refractivity contribution in [2.45, 2.75) is 0 Å². The van der Waals surface area contributed by atoms with Crippen molar-refractivity contribution in [3.63, 3.8) is 0 Å². The predicted molar refractivity (Wildman–Crippen MR) is 66.3 cm³/mol. The maximum atomic E-state index is 13.4. The second kappa shape index (κ2) is 4.97. The van der Waals surface area contributed by atoms with Crippen molar-refractivity contribution in [3.05, 3.63) is 34.1 Å². The molecular weight excluding hydrogens is 295 g/mol. The molecular formula is C10H8BrFN2OS. The number of amides is 1. The normalized spacial score (nSPS) is 14.8. The number of carbonyl (C=O) groups excluding carboxylic acids is 1. The molecule has 0 fully saturated rings. The Morgan fingerprint density at radius 3 is 3.00 bits per heavy atom. The summed E-state index contributed by atoms with van der Waals surface area (Å²) in [5, 5.41) is 3.14. The van der Waals surface area contributed by atoms with Crippen LogP contribution in [-0.2, 0) is 0 Å². The van der Waals surface area contributed by atoms with Gasteiger partial charge in [-0.2, -0.15) is 0 Å². The second-order valence-electron chi connectivity index (χ2n) is 3.09. The number of rotatable bonds is 1. The monoisotopic (exact) mass is 302 g/mol. The molecule has 1 aliphatic rings. The van der Waals surface area contributed by atoms with Crippen LogP contribution in [0.25, 0.3) is 0 Å². The first-order chi connectivity index (χ1) is 7.68. The van der Waals surface area contributed by atoms with Gasteiger partial charge in [-0.05, 0) is 28.1 Å². The lowest BCUT2D eigenvalue weighted by Gasteiger charge is -2.06. The zero-order valence-corrected chi connectivity index (χ0v) is 10.6. The Morgan fingerprint density at radius 2 is 2.38 bits per heavy atom. The Morgan fingerprint density at radius 1 is 1.56 bits per heavy atom. The molecule has 2 rings (SSSR count). The molecule has 0 unspecified atom stereocenters. The molecule has 0 saturated carbocycles. The SMILES string of the molecule is O=C(NC1=NCCS1)c1c(F)cccc1Br. The first-order valence-corrected chi connectivity index (χ1v) is 6.39. The van der Waals surface area contributed by atoms with Crippen molar-refractivity contribution < 1.29 is 9.18 Å². The molecule has 0 saturated heterocycles. The fraction of sp³-hybridized carbons (Fsp3) is 0.200. The first kappa shape index (κ1) is 11.6. The minimum Gasteiger partial charge on any atom is -0.301 e. The molecule has 1 N–H and O–H groups in total. The summed E-state index contributed by atoms with van der Waals surface area (Å²) in [4.78, 5) is 15.8. The fourth-order valence-corrected chi connectivity index (χ4v) is 2.53. The van der Waals surface area contributed by atoms with Crippen LogP contribution in [0.3, 0.4) is 0 Å². The molecule has 0 radical (unpaired) electrons. The van der Waals surface area contributed by atoms with E-state index in [4.69, 9.17) is 0 Å². The van der Waals surface area contributed by atoms with E-state index in [0.29, 0.717) is 16.2 Å². The van der Waals surface area contributed by atoms with Crippen molar-refractivity contribution >= 4 is 38.8 Å². The Balaban J connectivity index is 2.20. The number of hydrogen-bond donors (Lipinski definition) is 1. The van der Waals surface area contributed by atoms with Crippen LogP contribution in [0.5, 0.6) is 0 Å². The van der Waals surface area contributed by atoms with E-state index < -0.39 is 11.7 Å². The zero-order chi connectivity index (χ0) is 11.5. The maximum absolute atomic E-state index is 13.4. The standard InChI is InChI=1S/C10H8BrFN2OS/c11-6-2-1-3-7(12)8(6)9(15)14-10-13-4-5-16-10/h1-3H,4-5H2,(H,13,14,15). The van der Waals surface area contributed by atoms with Crippen LogP contribution < -0.4 is 5.32 Å². The molecule has 1 heterocycles. The zero-order valence-electron chi connectivity index (χ0n) is 8.17. The average molecular weight is 303 g/mol. The van der Waals surface area contributed by atoms with E-state index in [0.717, 1.165) is 5.75 Å². The van der Waals surface area contributed by atoms with E-state index in [2.05, 4.69) is 26.2 Å². The van der Waals surface area contributed by atoms with E-state index in [1.807, 2.05) is 0 Å². The Bertz CT molecular complexity index is 444. The van der Waals surface area contributed by atoms with Gasteiger partial charge >= 0.3 is 0 Å². The van der Waals surface area contributed by atoms with Gasteiger partial charge in [0.25, 0.3) is 5.91 Å². The van der Waals surface area contributed by atoms with E-state index in [-0.39, 0.29) is 5.56 Å².